The van der Waals surface area contributed by atoms with Gasteiger partial charge in [0, 0.05) is 17.2 Å². The summed E-state index contributed by atoms with van der Waals surface area (Å²) >= 11 is 2.08. The van der Waals surface area contributed by atoms with E-state index in [1.54, 1.807) is 0 Å². The van der Waals surface area contributed by atoms with Gasteiger partial charge in [0.1, 0.15) is 5.82 Å². The Morgan fingerprint density at radius 2 is 2.35 bits per heavy atom. The predicted octanol–water partition coefficient (Wildman–Crippen LogP) is 3.18. The molecular formula is C13H21N3S. The van der Waals surface area contributed by atoms with Gasteiger partial charge in [0.05, 0.1) is 0 Å². The minimum Gasteiger partial charge on any atom is -0.308 e. The van der Waals surface area contributed by atoms with Crippen LogP contribution in [0.4, 0.5) is 5.82 Å². The third kappa shape index (κ3) is 3.89. The molecule has 1 aliphatic rings. The van der Waals surface area contributed by atoms with E-state index in [9.17, 15) is 0 Å². The summed E-state index contributed by atoms with van der Waals surface area (Å²) in [6, 6.07) is 4.03. The zero-order valence-electron chi connectivity index (χ0n) is 10.4. The molecule has 1 saturated carbocycles. The molecule has 1 heterocycles. The van der Waals surface area contributed by atoms with Crippen LogP contribution in [-0.2, 0) is 5.75 Å². The number of rotatable bonds is 4. The number of nitrogens with one attached hydrogen (secondary N) is 1. The van der Waals surface area contributed by atoms with Gasteiger partial charge < -0.3 is 5.43 Å². The lowest BCUT2D eigenvalue weighted by Gasteiger charge is -2.26. The fourth-order valence-electron chi connectivity index (χ4n) is 2.34. The highest BCUT2D eigenvalue weighted by Gasteiger charge is 2.18. The van der Waals surface area contributed by atoms with Crippen LogP contribution in [0.5, 0.6) is 0 Å². The summed E-state index contributed by atoms with van der Waals surface area (Å²) in [6.07, 6.45) is 7.47. The van der Waals surface area contributed by atoms with Gasteiger partial charge in [0.15, 0.2) is 0 Å². The Balaban J connectivity index is 1.80. The average Bonchev–Trinajstić information content (AvgIpc) is 2.37. The normalized spacial score (nSPS) is 24.6. The summed E-state index contributed by atoms with van der Waals surface area (Å²) < 4.78 is 0. The molecule has 0 spiro atoms. The number of nitrogens with two attached hydrogens (primary N) is 1. The second-order valence-electron chi connectivity index (χ2n) is 4.90. The van der Waals surface area contributed by atoms with Crippen LogP contribution in [0.15, 0.2) is 18.3 Å². The van der Waals surface area contributed by atoms with Gasteiger partial charge in [-0.25, -0.2) is 10.8 Å². The van der Waals surface area contributed by atoms with E-state index in [0.717, 1.165) is 22.7 Å². The molecule has 0 aliphatic heterocycles. The molecule has 0 radical (unpaired) electrons. The van der Waals surface area contributed by atoms with Gasteiger partial charge in [-0.3, -0.25) is 0 Å². The molecule has 1 aliphatic carbocycles. The second-order valence-corrected chi connectivity index (χ2v) is 6.19. The second kappa shape index (κ2) is 6.26. The molecule has 1 fully saturated rings. The summed E-state index contributed by atoms with van der Waals surface area (Å²) in [5, 5.41) is 0.839. The fourth-order valence-corrected chi connectivity index (χ4v) is 3.74. The number of nitrogens with zero attached hydrogens (tertiary/aromatic N) is 1. The Kier molecular flexibility index (Phi) is 4.68. The van der Waals surface area contributed by atoms with Crippen molar-refractivity contribution < 1.29 is 0 Å². The smallest absolute Gasteiger partial charge is 0.139 e. The van der Waals surface area contributed by atoms with Crippen LogP contribution >= 0.6 is 11.8 Å². The number of nitrogen functional groups attached to an aromatic ring is 1. The van der Waals surface area contributed by atoms with Gasteiger partial charge in [-0.1, -0.05) is 25.8 Å². The van der Waals surface area contributed by atoms with Crippen molar-refractivity contribution in [2.24, 2.45) is 11.8 Å². The summed E-state index contributed by atoms with van der Waals surface area (Å²) in [4.78, 5) is 4.23. The summed E-state index contributed by atoms with van der Waals surface area (Å²) in [5.41, 5.74) is 3.83. The van der Waals surface area contributed by atoms with Crippen LogP contribution in [0.3, 0.4) is 0 Å². The Labute approximate surface area is 108 Å². The number of hydrogen-bond acceptors (Lipinski definition) is 4. The first kappa shape index (κ1) is 12.7. The van der Waals surface area contributed by atoms with Crippen molar-refractivity contribution in [3.63, 3.8) is 0 Å². The third-order valence-electron chi connectivity index (χ3n) is 3.35. The van der Waals surface area contributed by atoms with Crippen molar-refractivity contribution in [1.82, 2.24) is 4.98 Å². The van der Waals surface area contributed by atoms with Crippen molar-refractivity contribution in [3.8, 4) is 0 Å². The van der Waals surface area contributed by atoms with Crippen LogP contribution in [0, 0.1) is 5.92 Å². The summed E-state index contributed by atoms with van der Waals surface area (Å²) in [5.74, 6) is 7.99. The van der Waals surface area contributed by atoms with E-state index in [0.29, 0.717) is 0 Å². The maximum absolute atomic E-state index is 5.29. The van der Waals surface area contributed by atoms with E-state index < -0.39 is 0 Å². The topological polar surface area (TPSA) is 50.9 Å². The number of anilines is 1. The maximum Gasteiger partial charge on any atom is 0.139 e. The van der Waals surface area contributed by atoms with Crippen LogP contribution in [-0.4, -0.2) is 10.2 Å². The third-order valence-corrected chi connectivity index (χ3v) is 4.75. The first-order chi connectivity index (χ1) is 8.28. The van der Waals surface area contributed by atoms with Crippen molar-refractivity contribution in [2.45, 2.75) is 43.6 Å². The van der Waals surface area contributed by atoms with Crippen LogP contribution < -0.4 is 11.3 Å². The lowest BCUT2D eigenvalue weighted by Crippen LogP contribution is -2.15. The standard InChI is InChI=1S/C13H21N3S/c1-10-3-2-4-12(7-10)17-9-11-5-6-13(16-14)15-8-11/h5-6,8,10,12H,2-4,7,9,14H2,1H3,(H,15,16). The lowest BCUT2D eigenvalue weighted by molar-refractivity contribution is 0.394. The van der Waals surface area contributed by atoms with Crippen molar-refractivity contribution in [2.75, 3.05) is 5.43 Å². The number of pyridine rings is 1. The fraction of sp³-hybridized carbons (Fsp3) is 0.615. The zero-order valence-corrected chi connectivity index (χ0v) is 11.2. The van der Waals surface area contributed by atoms with Crippen LogP contribution in [0.25, 0.3) is 0 Å². The Morgan fingerprint density at radius 1 is 1.47 bits per heavy atom. The van der Waals surface area contributed by atoms with E-state index >= 15 is 0 Å². The number of hydrogen-bond donors (Lipinski definition) is 2. The van der Waals surface area contributed by atoms with Gasteiger partial charge in [0.2, 0.25) is 0 Å². The Hall–Kier alpha value is -0.740. The molecule has 17 heavy (non-hydrogen) atoms. The van der Waals surface area contributed by atoms with Gasteiger partial charge in [-0.15, -0.1) is 0 Å². The minimum atomic E-state index is 0.727. The maximum atomic E-state index is 5.29. The minimum absolute atomic E-state index is 0.727. The van der Waals surface area contributed by atoms with Crippen molar-refractivity contribution in [3.05, 3.63) is 23.9 Å². The van der Waals surface area contributed by atoms with Crippen LogP contribution in [0.1, 0.15) is 38.2 Å². The first-order valence-corrected chi connectivity index (χ1v) is 7.36. The monoisotopic (exact) mass is 251 g/mol. The molecule has 2 rings (SSSR count). The van der Waals surface area contributed by atoms with E-state index in [-0.39, 0.29) is 0 Å². The van der Waals surface area contributed by atoms with E-state index in [1.165, 1.54) is 31.2 Å². The number of aromatic nitrogens is 1. The summed E-state index contributed by atoms with van der Waals surface area (Å²) in [6.45, 7) is 2.37. The highest BCUT2D eigenvalue weighted by Crippen LogP contribution is 2.33. The van der Waals surface area contributed by atoms with E-state index in [2.05, 4.69) is 35.2 Å². The van der Waals surface area contributed by atoms with Gasteiger partial charge in [-0.05, 0) is 30.4 Å². The molecule has 0 amide bonds. The largest absolute Gasteiger partial charge is 0.308 e. The van der Waals surface area contributed by atoms with E-state index in [1.807, 2.05) is 12.3 Å². The molecule has 0 aromatic carbocycles. The van der Waals surface area contributed by atoms with Gasteiger partial charge in [-0.2, -0.15) is 11.8 Å². The molecule has 2 unspecified atom stereocenters. The van der Waals surface area contributed by atoms with Gasteiger partial charge in [0.25, 0.3) is 0 Å². The Morgan fingerprint density at radius 3 is 3.00 bits per heavy atom. The Bertz CT molecular complexity index is 339. The molecule has 1 aromatic heterocycles. The zero-order chi connectivity index (χ0) is 12.1. The quantitative estimate of drug-likeness (QED) is 0.637. The molecule has 4 heteroatoms. The summed E-state index contributed by atoms with van der Waals surface area (Å²) in [7, 11) is 0. The SMILES string of the molecule is CC1CCCC(SCc2ccc(NN)nc2)C1. The molecule has 0 saturated heterocycles. The molecule has 3 N–H and O–H groups in total. The predicted molar refractivity (Wildman–Crippen MR) is 74.8 cm³/mol. The molecule has 94 valence electrons. The molecule has 1 aromatic rings. The highest BCUT2D eigenvalue weighted by molar-refractivity contribution is 7.99. The van der Waals surface area contributed by atoms with E-state index in [4.69, 9.17) is 5.84 Å². The van der Waals surface area contributed by atoms with Crippen LogP contribution in [0.2, 0.25) is 0 Å². The molecular weight excluding hydrogens is 230 g/mol. The lowest BCUT2D eigenvalue weighted by atomic mass is 9.91. The van der Waals surface area contributed by atoms with Crippen molar-refractivity contribution >= 4 is 17.6 Å². The average molecular weight is 251 g/mol. The number of thioether (sulfide) groups is 1. The number of hydrazine groups is 1. The molecule has 3 nitrogen and oxygen atoms in total. The van der Waals surface area contributed by atoms with Crippen molar-refractivity contribution in [1.29, 1.82) is 0 Å². The molecule has 0 bridgehead atoms. The first-order valence-electron chi connectivity index (χ1n) is 6.31. The molecule has 2 atom stereocenters. The highest BCUT2D eigenvalue weighted by atomic mass is 32.2. The van der Waals surface area contributed by atoms with Gasteiger partial charge >= 0.3 is 0 Å².